The molecule has 0 spiro atoms. The highest BCUT2D eigenvalue weighted by atomic mass is 16.6. The van der Waals surface area contributed by atoms with Gasteiger partial charge in [0, 0.05) is 29.7 Å². The fourth-order valence-corrected chi connectivity index (χ4v) is 2.50. The molecule has 0 aliphatic heterocycles. The minimum atomic E-state index is -0.510. The van der Waals surface area contributed by atoms with Gasteiger partial charge in [-0.15, -0.1) is 0 Å². The van der Waals surface area contributed by atoms with E-state index in [0.717, 1.165) is 12.0 Å². The average molecular weight is 336 g/mol. The number of nitrogens with one attached hydrogen (secondary N) is 1. The molecule has 7 heteroatoms. The van der Waals surface area contributed by atoms with Crippen LogP contribution < -0.4 is 5.32 Å². The van der Waals surface area contributed by atoms with Gasteiger partial charge in [0.15, 0.2) is 0 Å². The molecule has 1 heterocycles. The molecule has 126 valence electrons. The molecule has 2 aromatic carbocycles. The van der Waals surface area contributed by atoms with E-state index in [0.29, 0.717) is 11.4 Å². The van der Waals surface area contributed by atoms with Gasteiger partial charge in [0.2, 0.25) is 0 Å². The van der Waals surface area contributed by atoms with Gasteiger partial charge < -0.3 is 9.88 Å². The van der Waals surface area contributed by atoms with Crippen molar-refractivity contribution in [1.82, 2.24) is 9.55 Å². The standard InChI is InChI=1S/C18H16N4O3/c1-2-13-4-3-5-15(10-13)20-18(23)14-6-7-16(17(11-14)22(24)25)21-9-8-19-12-21/h3-12H,2H2,1H3,(H,20,23). The molecule has 0 saturated carbocycles. The van der Waals surface area contributed by atoms with Gasteiger partial charge in [0.05, 0.1) is 11.3 Å². The Morgan fingerprint density at radius 1 is 1.28 bits per heavy atom. The van der Waals surface area contributed by atoms with E-state index in [1.165, 1.54) is 29.2 Å². The third-order valence-electron chi connectivity index (χ3n) is 3.81. The van der Waals surface area contributed by atoms with Crippen LogP contribution in [0.25, 0.3) is 5.69 Å². The van der Waals surface area contributed by atoms with Crippen LogP contribution in [0.5, 0.6) is 0 Å². The summed E-state index contributed by atoms with van der Waals surface area (Å²) in [5.74, 6) is -0.395. The molecule has 0 bridgehead atoms. The van der Waals surface area contributed by atoms with Crippen molar-refractivity contribution in [3.05, 3.63) is 82.4 Å². The third-order valence-corrected chi connectivity index (χ3v) is 3.81. The monoisotopic (exact) mass is 336 g/mol. The van der Waals surface area contributed by atoms with Gasteiger partial charge in [0.25, 0.3) is 11.6 Å². The number of nitro benzene ring substituents is 1. The number of rotatable bonds is 5. The van der Waals surface area contributed by atoms with Crippen molar-refractivity contribution < 1.29 is 9.72 Å². The number of hydrogen-bond acceptors (Lipinski definition) is 4. The number of aromatic nitrogens is 2. The lowest BCUT2D eigenvalue weighted by molar-refractivity contribution is -0.384. The molecular formula is C18H16N4O3. The largest absolute Gasteiger partial charge is 0.322 e. The minimum absolute atomic E-state index is 0.159. The molecule has 0 saturated heterocycles. The molecular weight excluding hydrogens is 320 g/mol. The Bertz CT molecular complexity index is 920. The van der Waals surface area contributed by atoms with Gasteiger partial charge in [-0.25, -0.2) is 4.98 Å². The van der Waals surface area contributed by atoms with Crippen molar-refractivity contribution >= 4 is 17.3 Å². The molecule has 0 atom stereocenters. The Kier molecular flexibility index (Phi) is 4.56. The number of amides is 1. The van der Waals surface area contributed by atoms with Crippen LogP contribution in [0.15, 0.2) is 61.2 Å². The lowest BCUT2D eigenvalue weighted by atomic mass is 10.1. The Labute approximate surface area is 144 Å². The van der Waals surface area contributed by atoms with Crippen LogP contribution in [0.2, 0.25) is 0 Å². The number of nitro groups is 1. The van der Waals surface area contributed by atoms with Crippen molar-refractivity contribution in [1.29, 1.82) is 0 Å². The fourth-order valence-electron chi connectivity index (χ4n) is 2.50. The summed E-state index contributed by atoms with van der Waals surface area (Å²) >= 11 is 0. The predicted octanol–water partition coefficient (Wildman–Crippen LogP) is 3.60. The van der Waals surface area contributed by atoms with Crippen LogP contribution in [-0.4, -0.2) is 20.4 Å². The number of hydrogen-bond donors (Lipinski definition) is 1. The van der Waals surface area contributed by atoms with Crippen LogP contribution in [0.3, 0.4) is 0 Å². The molecule has 0 aliphatic rings. The van der Waals surface area contributed by atoms with Gasteiger partial charge in [-0.2, -0.15) is 0 Å². The predicted molar refractivity (Wildman–Crippen MR) is 94.0 cm³/mol. The van der Waals surface area contributed by atoms with Crippen LogP contribution >= 0.6 is 0 Å². The topological polar surface area (TPSA) is 90.1 Å². The SMILES string of the molecule is CCc1cccc(NC(=O)c2ccc(-n3ccnc3)c([N+](=O)[O-])c2)c1. The Morgan fingerprint density at radius 3 is 2.80 bits per heavy atom. The fraction of sp³-hybridized carbons (Fsp3) is 0.111. The highest BCUT2D eigenvalue weighted by Gasteiger charge is 2.18. The molecule has 1 aromatic heterocycles. The van der Waals surface area contributed by atoms with Crippen molar-refractivity contribution in [2.45, 2.75) is 13.3 Å². The van der Waals surface area contributed by atoms with E-state index >= 15 is 0 Å². The molecule has 0 radical (unpaired) electrons. The first-order valence-corrected chi connectivity index (χ1v) is 7.75. The number of carbonyl (C=O) groups excluding carboxylic acids is 1. The first-order valence-electron chi connectivity index (χ1n) is 7.75. The number of aryl methyl sites for hydroxylation is 1. The summed E-state index contributed by atoms with van der Waals surface area (Å²) in [4.78, 5) is 27.2. The summed E-state index contributed by atoms with van der Waals surface area (Å²) < 4.78 is 1.53. The van der Waals surface area contributed by atoms with Gasteiger partial charge in [-0.05, 0) is 36.2 Å². The van der Waals surface area contributed by atoms with Crippen LogP contribution in [0.1, 0.15) is 22.8 Å². The summed E-state index contributed by atoms with van der Waals surface area (Å²) in [6.45, 7) is 2.03. The lowest BCUT2D eigenvalue weighted by Crippen LogP contribution is -2.13. The van der Waals surface area contributed by atoms with Gasteiger partial charge in [-0.1, -0.05) is 19.1 Å². The third kappa shape index (κ3) is 3.55. The maximum Gasteiger partial charge on any atom is 0.294 e. The molecule has 0 unspecified atom stereocenters. The first kappa shape index (κ1) is 16.4. The van der Waals surface area contributed by atoms with Gasteiger partial charge >= 0.3 is 0 Å². The Balaban J connectivity index is 1.90. The van der Waals surface area contributed by atoms with Crippen molar-refractivity contribution in [3.63, 3.8) is 0 Å². The summed E-state index contributed by atoms with van der Waals surface area (Å²) in [7, 11) is 0. The van der Waals surface area contributed by atoms with Crippen LogP contribution in [0, 0.1) is 10.1 Å². The van der Waals surface area contributed by atoms with Crippen molar-refractivity contribution in [3.8, 4) is 5.69 Å². The van der Waals surface area contributed by atoms with Crippen molar-refractivity contribution in [2.24, 2.45) is 0 Å². The second-order valence-electron chi connectivity index (χ2n) is 5.44. The Hall–Kier alpha value is -3.48. The second kappa shape index (κ2) is 6.96. The van der Waals surface area contributed by atoms with E-state index in [9.17, 15) is 14.9 Å². The summed E-state index contributed by atoms with van der Waals surface area (Å²) in [5, 5.41) is 14.1. The number of carbonyl (C=O) groups is 1. The number of anilines is 1. The zero-order valence-corrected chi connectivity index (χ0v) is 13.5. The van der Waals surface area contributed by atoms with Crippen molar-refractivity contribution in [2.75, 3.05) is 5.32 Å². The highest BCUT2D eigenvalue weighted by Crippen LogP contribution is 2.24. The quantitative estimate of drug-likeness (QED) is 0.569. The van der Waals surface area contributed by atoms with E-state index in [2.05, 4.69) is 10.3 Å². The van der Waals surface area contributed by atoms with E-state index < -0.39 is 10.8 Å². The second-order valence-corrected chi connectivity index (χ2v) is 5.44. The van der Waals surface area contributed by atoms with E-state index in [1.54, 1.807) is 18.3 Å². The summed E-state index contributed by atoms with van der Waals surface area (Å²) in [5.41, 5.74) is 2.17. The zero-order valence-electron chi connectivity index (χ0n) is 13.5. The molecule has 1 N–H and O–H groups in total. The summed E-state index contributed by atoms with van der Waals surface area (Å²) in [6, 6.07) is 11.9. The number of benzene rings is 2. The number of imidazole rings is 1. The molecule has 25 heavy (non-hydrogen) atoms. The number of nitrogens with zero attached hydrogens (tertiary/aromatic N) is 3. The molecule has 7 nitrogen and oxygen atoms in total. The molecule has 3 aromatic rings. The van der Waals surface area contributed by atoms with Gasteiger partial charge in [0.1, 0.15) is 5.69 Å². The maximum absolute atomic E-state index is 12.4. The molecule has 3 rings (SSSR count). The molecule has 1 amide bonds. The van der Waals surface area contributed by atoms with E-state index in [1.807, 2.05) is 25.1 Å². The zero-order chi connectivity index (χ0) is 17.8. The van der Waals surface area contributed by atoms with E-state index in [4.69, 9.17) is 0 Å². The normalized spacial score (nSPS) is 10.4. The lowest BCUT2D eigenvalue weighted by Gasteiger charge is -2.08. The van der Waals surface area contributed by atoms with E-state index in [-0.39, 0.29) is 11.3 Å². The average Bonchev–Trinajstić information content (AvgIpc) is 3.15. The maximum atomic E-state index is 12.4. The minimum Gasteiger partial charge on any atom is -0.322 e. The van der Waals surface area contributed by atoms with Gasteiger partial charge in [-0.3, -0.25) is 14.9 Å². The smallest absolute Gasteiger partial charge is 0.294 e. The summed E-state index contributed by atoms with van der Waals surface area (Å²) in [6.07, 6.45) is 5.47. The van der Waals surface area contributed by atoms with Crippen LogP contribution in [-0.2, 0) is 6.42 Å². The molecule has 0 fully saturated rings. The van der Waals surface area contributed by atoms with Crippen LogP contribution in [0.4, 0.5) is 11.4 Å². The highest BCUT2D eigenvalue weighted by molar-refractivity contribution is 6.05. The first-order chi connectivity index (χ1) is 12.1. The molecule has 0 aliphatic carbocycles. The Morgan fingerprint density at radius 2 is 2.12 bits per heavy atom.